The van der Waals surface area contributed by atoms with Crippen LogP contribution in [0.1, 0.15) is 15.9 Å². The van der Waals surface area contributed by atoms with Gasteiger partial charge in [0.2, 0.25) is 11.3 Å². The van der Waals surface area contributed by atoms with Gasteiger partial charge >= 0.3 is 5.97 Å². The number of pyridine rings is 1. The molecule has 0 aliphatic rings. The second kappa shape index (κ2) is 7.33. The lowest BCUT2D eigenvalue weighted by molar-refractivity contribution is -0.116. The van der Waals surface area contributed by atoms with Crippen LogP contribution in [0.15, 0.2) is 53.5 Å². The number of ether oxygens (including phenoxy) is 1. The van der Waals surface area contributed by atoms with E-state index in [4.69, 9.17) is 4.74 Å². The molecule has 27 heavy (non-hydrogen) atoms. The highest BCUT2D eigenvalue weighted by molar-refractivity contribution is 5.95. The molecule has 1 heterocycles. The normalized spacial score (nSPS) is 10.6. The standard InChI is InChI=1S/C20H18N2O5/c1-12-3-5-13(6-4-12)21-18(23)11-22-10-16(20(25)26)19(24)15-8-7-14(27-2)9-17(15)22/h3-10H,11H2,1-2H3,(H,21,23)(H,25,26). The van der Waals surface area contributed by atoms with Gasteiger partial charge in [-0.15, -0.1) is 0 Å². The first-order chi connectivity index (χ1) is 12.9. The number of methoxy groups -OCH3 is 1. The Labute approximate surface area is 154 Å². The Kier molecular flexibility index (Phi) is 4.94. The summed E-state index contributed by atoms with van der Waals surface area (Å²) in [5.74, 6) is -1.19. The first-order valence-electron chi connectivity index (χ1n) is 8.20. The Balaban J connectivity index is 2.02. The molecule has 7 heteroatoms. The van der Waals surface area contributed by atoms with Crippen molar-refractivity contribution in [2.45, 2.75) is 13.5 Å². The average Bonchev–Trinajstić information content (AvgIpc) is 2.65. The third-order valence-electron chi connectivity index (χ3n) is 4.17. The number of rotatable bonds is 5. The Morgan fingerprint density at radius 1 is 1.15 bits per heavy atom. The zero-order valence-corrected chi connectivity index (χ0v) is 14.9. The van der Waals surface area contributed by atoms with E-state index in [1.807, 2.05) is 19.1 Å². The summed E-state index contributed by atoms with van der Waals surface area (Å²) in [6.45, 7) is 1.79. The molecule has 3 aromatic rings. The van der Waals surface area contributed by atoms with Crippen LogP contribution in [0.2, 0.25) is 0 Å². The fraction of sp³-hybridized carbons (Fsp3) is 0.150. The smallest absolute Gasteiger partial charge is 0.341 e. The van der Waals surface area contributed by atoms with E-state index in [9.17, 15) is 19.5 Å². The number of hydrogen-bond acceptors (Lipinski definition) is 4. The van der Waals surface area contributed by atoms with Crippen molar-refractivity contribution in [3.63, 3.8) is 0 Å². The molecular formula is C20H18N2O5. The van der Waals surface area contributed by atoms with Crippen molar-refractivity contribution in [3.05, 3.63) is 70.0 Å². The van der Waals surface area contributed by atoms with Gasteiger partial charge in [0.05, 0.1) is 12.6 Å². The molecule has 0 aliphatic heterocycles. The van der Waals surface area contributed by atoms with Crippen LogP contribution in [0.25, 0.3) is 10.9 Å². The Morgan fingerprint density at radius 3 is 2.48 bits per heavy atom. The lowest BCUT2D eigenvalue weighted by Crippen LogP contribution is -2.23. The number of carbonyl (C=O) groups excluding carboxylic acids is 1. The molecule has 7 nitrogen and oxygen atoms in total. The summed E-state index contributed by atoms with van der Waals surface area (Å²) < 4.78 is 6.61. The highest BCUT2D eigenvalue weighted by Crippen LogP contribution is 2.20. The monoisotopic (exact) mass is 366 g/mol. The Bertz CT molecular complexity index is 1080. The maximum Gasteiger partial charge on any atom is 0.341 e. The lowest BCUT2D eigenvalue weighted by Gasteiger charge is -2.13. The minimum Gasteiger partial charge on any atom is -0.497 e. The molecule has 1 amide bonds. The summed E-state index contributed by atoms with van der Waals surface area (Å²) in [6, 6.07) is 12.0. The van der Waals surface area contributed by atoms with Crippen molar-refractivity contribution in [1.29, 1.82) is 0 Å². The zero-order chi connectivity index (χ0) is 19.6. The van der Waals surface area contributed by atoms with Gasteiger partial charge in [-0.2, -0.15) is 0 Å². The van der Waals surface area contributed by atoms with E-state index < -0.39 is 17.0 Å². The van der Waals surface area contributed by atoms with Crippen LogP contribution in [0.4, 0.5) is 5.69 Å². The Morgan fingerprint density at radius 2 is 1.85 bits per heavy atom. The summed E-state index contributed by atoms with van der Waals surface area (Å²) in [5.41, 5.74) is 1.12. The highest BCUT2D eigenvalue weighted by Gasteiger charge is 2.16. The predicted octanol–water partition coefficient (Wildman–Crippen LogP) is 2.66. The van der Waals surface area contributed by atoms with Crippen molar-refractivity contribution >= 4 is 28.5 Å². The van der Waals surface area contributed by atoms with Crippen LogP contribution in [-0.4, -0.2) is 28.7 Å². The molecule has 0 radical (unpaired) electrons. The number of nitrogens with one attached hydrogen (secondary N) is 1. The largest absolute Gasteiger partial charge is 0.497 e. The SMILES string of the molecule is COc1ccc2c(=O)c(C(=O)O)cn(CC(=O)Nc3ccc(C)cc3)c2c1. The predicted molar refractivity (Wildman–Crippen MR) is 102 cm³/mol. The van der Waals surface area contributed by atoms with E-state index in [0.717, 1.165) is 5.56 Å². The topological polar surface area (TPSA) is 97.6 Å². The van der Waals surface area contributed by atoms with Gasteiger partial charge in [0.15, 0.2) is 0 Å². The summed E-state index contributed by atoms with van der Waals surface area (Å²) >= 11 is 0. The van der Waals surface area contributed by atoms with Crippen molar-refractivity contribution in [2.75, 3.05) is 12.4 Å². The molecule has 0 spiro atoms. The van der Waals surface area contributed by atoms with Gasteiger partial charge in [-0.3, -0.25) is 9.59 Å². The molecule has 2 N–H and O–H groups in total. The fourth-order valence-electron chi connectivity index (χ4n) is 2.77. The van der Waals surface area contributed by atoms with E-state index in [1.165, 1.54) is 23.9 Å². The number of aromatic nitrogens is 1. The lowest BCUT2D eigenvalue weighted by atomic mass is 10.1. The van der Waals surface area contributed by atoms with Crippen LogP contribution < -0.4 is 15.5 Å². The number of carboxylic acids is 1. The van der Waals surface area contributed by atoms with Gasteiger partial charge in [-0.25, -0.2) is 4.79 Å². The van der Waals surface area contributed by atoms with E-state index in [1.54, 1.807) is 24.3 Å². The summed E-state index contributed by atoms with van der Waals surface area (Å²) in [5, 5.41) is 12.3. The molecule has 0 atom stereocenters. The number of carbonyl (C=O) groups is 2. The number of anilines is 1. The maximum atomic E-state index is 12.4. The molecular weight excluding hydrogens is 348 g/mol. The summed E-state index contributed by atoms with van der Waals surface area (Å²) in [7, 11) is 1.49. The van der Waals surface area contributed by atoms with E-state index in [2.05, 4.69) is 5.32 Å². The minimum atomic E-state index is -1.34. The number of benzene rings is 2. The number of aryl methyl sites for hydroxylation is 1. The first-order valence-corrected chi connectivity index (χ1v) is 8.20. The van der Waals surface area contributed by atoms with Gasteiger partial charge in [0.25, 0.3) is 0 Å². The average molecular weight is 366 g/mol. The quantitative estimate of drug-likeness (QED) is 0.723. The number of carboxylic acid groups (broad SMARTS) is 1. The molecule has 0 aliphatic carbocycles. The van der Waals surface area contributed by atoms with Gasteiger partial charge in [0.1, 0.15) is 17.9 Å². The number of aromatic carboxylic acids is 1. The molecule has 0 unspecified atom stereocenters. The summed E-state index contributed by atoms with van der Waals surface area (Å²) in [4.78, 5) is 36.2. The van der Waals surface area contributed by atoms with Crippen molar-refractivity contribution < 1.29 is 19.4 Å². The highest BCUT2D eigenvalue weighted by atomic mass is 16.5. The third kappa shape index (κ3) is 3.82. The van der Waals surface area contributed by atoms with E-state index in [-0.39, 0.29) is 17.8 Å². The number of amides is 1. The number of hydrogen-bond donors (Lipinski definition) is 2. The second-order valence-electron chi connectivity index (χ2n) is 6.10. The molecule has 0 fully saturated rings. The number of fused-ring (bicyclic) bond motifs is 1. The molecule has 3 rings (SSSR count). The molecule has 0 saturated carbocycles. The number of nitrogens with zero attached hydrogens (tertiary/aromatic N) is 1. The van der Waals surface area contributed by atoms with Crippen molar-refractivity contribution in [1.82, 2.24) is 4.57 Å². The molecule has 0 bridgehead atoms. The molecule has 2 aromatic carbocycles. The van der Waals surface area contributed by atoms with Gasteiger partial charge < -0.3 is 19.7 Å². The van der Waals surface area contributed by atoms with Crippen molar-refractivity contribution in [3.8, 4) is 5.75 Å². The van der Waals surface area contributed by atoms with Crippen LogP contribution in [0.5, 0.6) is 5.75 Å². The summed E-state index contributed by atoms with van der Waals surface area (Å²) in [6.07, 6.45) is 1.18. The van der Waals surface area contributed by atoms with E-state index in [0.29, 0.717) is 17.0 Å². The van der Waals surface area contributed by atoms with Gasteiger partial charge in [-0.05, 0) is 31.2 Å². The first kappa shape index (κ1) is 18.2. The second-order valence-corrected chi connectivity index (χ2v) is 6.10. The minimum absolute atomic E-state index is 0.155. The maximum absolute atomic E-state index is 12.4. The van der Waals surface area contributed by atoms with Gasteiger partial charge in [0, 0.05) is 23.3 Å². The third-order valence-corrected chi connectivity index (χ3v) is 4.17. The van der Waals surface area contributed by atoms with Crippen LogP contribution in [0, 0.1) is 6.92 Å². The van der Waals surface area contributed by atoms with Crippen molar-refractivity contribution in [2.24, 2.45) is 0 Å². The Hall–Kier alpha value is -3.61. The van der Waals surface area contributed by atoms with Gasteiger partial charge in [-0.1, -0.05) is 17.7 Å². The molecule has 1 aromatic heterocycles. The van der Waals surface area contributed by atoms with Crippen LogP contribution in [-0.2, 0) is 11.3 Å². The van der Waals surface area contributed by atoms with Crippen LogP contribution in [0.3, 0.4) is 0 Å². The zero-order valence-electron chi connectivity index (χ0n) is 14.9. The fourth-order valence-corrected chi connectivity index (χ4v) is 2.77. The molecule has 138 valence electrons. The van der Waals surface area contributed by atoms with E-state index >= 15 is 0 Å². The molecule has 0 saturated heterocycles. The van der Waals surface area contributed by atoms with Crippen LogP contribution >= 0.6 is 0 Å².